The Morgan fingerprint density at radius 2 is 1.77 bits per heavy atom. The third-order valence-electron chi connectivity index (χ3n) is 4.86. The van der Waals surface area contributed by atoms with Crippen molar-refractivity contribution in [3.05, 3.63) is 36.2 Å². The molecule has 0 aliphatic carbocycles. The van der Waals surface area contributed by atoms with Gasteiger partial charge in [0.25, 0.3) is 0 Å². The molecule has 0 saturated heterocycles. The molecule has 2 aromatic heterocycles. The molecule has 6 N–H and O–H groups in total. The summed E-state index contributed by atoms with van der Waals surface area (Å²) in [6.45, 7) is 0.411. The van der Waals surface area contributed by atoms with Crippen LogP contribution in [0.15, 0.2) is 30.5 Å². The van der Waals surface area contributed by atoms with Crippen molar-refractivity contribution in [2.75, 3.05) is 43.0 Å². The highest BCUT2D eigenvalue weighted by molar-refractivity contribution is 5.94. The summed E-state index contributed by atoms with van der Waals surface area (Å²) in [4.78, 5) is 54.1. The van der Waals surface area contributed by atoms with Crippen molar-refractivity contribution in [1.29, 1.82) is 0 Å². The average molecular weight is 483 g/mol. The maximum atomic E-state index is 12.3. The number of carbonyl (C=O) groups is 3. The number of ether oxygens (including phenoxy) is 2. The second-order valence-corrected chi connectivity index (χ2v) is 7.36. The number of rotatable bonds is 8. The highest BCUT2D eigenvalue weighted by Crippen LogP contribution is 2.20. The number of hydrogen-bond acceptors (Lipinski definition) is 12. The first-order chi connectivity index (χ1) is 16.7. The van der Waals surface area contributed by atoms with Gasteiger partial charge in [-0.1, -0.05) is 0 Å². The Labute approximate surface area is 200 Å². The second-order valence-electron chi connectivity index (χ2n) is 7.36. The number of hydrogen-bond donors (Lipinski definition) is 4. The predicted molar refractivity (Wildman–Crippen MR) is 127 cm³/mol. The summed E-state index contributed by atoms with van der Waals surface area (Å²) in [5.74, 6) is -1.25. The topological polar surface area (TPSA) is 201 Å². The molecule has 0 bridgehead atoms. The summed E-state index contributed by atoms with van der Waals surface area (Å²) in [5.41, 5.74) is 14.1. The molecule has 14 nitrogen and oxygen atoms in total. The highest BCUT2D eigenvalue weighted by atomic mass is 16.5. The number of methoxy groups -OCH3 is 2. The van der Waals surface area contributed by atoms with Crippen LogP contribution in [0.5, 0.6) is 0 Å². The minimum absolute atomic E-state index is 0.0285. The number of nitrogens with two attached hydrogens (primary N) is 2. The molecule has 3 aromatic rings. The fraction of sp³-hybridized carbons (Fsp3) is 0.286. The quantitative estimate of drug-likeness (QED) is 0.323. The number of fused-ring (bicyclic) bond motifs is 1. The van der Waals surface area contributed by atoms with Gasteiger partial charge in [0.05, 0.1) is 39.1 Å². The summed E-state index contributed by atoms with van der Waals surface area (Å²) in [7, 11) is 4.20. The van der Waals surface area contributed by atoms with Crippen LogP contribution in [0, 0.1) is 0 Å². The molecule has 3 rings (SSSR count). The van der Waals surface area contributed by atoms with E-state index in [0.717, 1.165) is 12.8 Å². The Balaban J connectivity index is 1.62. The van der Waals surface area contributed by atoms with E-state index < -0.39 is 24.0 Å². The molecule has 2 heterocycles. The first-order valence-electron chi connectivity index (χ1n) is 10.3. The predicted octanol–water partition coefficient (Wildman–Crippen LogP) is 0.447. The van der Waals surface area contributed by atoms with Crippen molar-refractivity contribution in [3.63, 3.8) is 0 Å². The number of urea groups is 1. The van der Waals surface area contributed by atoms with E-state index in [-0.39, 0.29) is 18.2 Å². The smallest absolute Gasteiger partial charge is 0.329 e. The van der Waals surface area contributed by atoms with Crippen molar-refractivity contribution in [2.45, 2.75) is 19.0 Å². The Morgan fingerprint density at radius 3 is 2.43 bits per heavy atom. The van der Waals surface area contributed by atoms with E-state index >= 15 is 0 Å². The van der Waals surface area contributed by atoms with Gasteiger partial charge in [0.2, 0.25) is 5.95 Å². The third kappa shape index (κ3) is 6.40. The first kappa shape index (κ1) is 24.9. The number of amides is 2. The van der Waals surface area contributed by atoms with Crippen LogP contribution in [0.2, 0.25) is 0 Å². The Kier molecular flexibility index (Phi) is 7.76. The fourth-order valence-corrected chi connectivity index (χ4v) is 3.10. The van der Waals surface area contributed by atoms with E-state index in [9.17, 15) is 14.4 Å². The number of nitrogens with zero attached hydrogens (tertiary/aromatic N) is 5. The molecule has 0 unspecified atom stereocenters. The van der Waals surface area contributed by atoms with Crippen LogP contribution in [0.4, 0.5) is 27.9 Å². The van der Waals surface area contributed by atoms with Crippen molar-refractivity contribution < 1.29 is 23.9 Å². The number of esters is 2. The van der Waals surface area contributed by atoms with Gasteiger partial charge in [-0.05, 0) is 24.3 Å². The van der Waals surface area contributed by atoms with Gasteiger partial charge in [-0.25, -0.2) is 19.6 Å². The Bertz CT molecular complexity index is 1240. The molecule has 35 heavy (non-hydrogen) atoms. The van der Waals surface area contributed by atoms with Gasteiger partial charge in [0.15, 0.2) is 17.0 Å². The fourth-order valence-electron chi connectivity index (χ4n) is 3.10. The lowest BCUT2D eigenvalue weighted by molar-refractivity contribution is -0.149. The molecule has 14 heteroatoms. The minimum atomic E-state index is -1.18. The van der Waals surface area contributed by atoms with E-state index in [1.165, 1.54) is 7.11 Å². The third-order valence-corrected chi connectivity index (χ3v) is 4.86. The van der Waals surface area contributed by atoms with Gasteiger partial charge in [0, 0.05) is 18.4 Å². The van der Waals surface area contributed by atoms with Gasteiger partial charge in [-0.15, -0.1) is 0 Å². The molecular weight excluding hydrogens is 458 g/mol. The number of nitrogens with one attached hydrogen (secondary N) is 2. The first-order valence-corrected chi connectivity index (χ1v) is 10.3. The Hall–Kier alpha value is -4.75. The zero-order valence-corrected chi connectivity index (χ0v) is 19.3. The second kappa shape index (κ2) is 10.9. The van der Waals surface area contributed by atoms with Crippen molar-refractivity contribution >= 4 is 52.3 Å². The van der Waals surface area contributed by atoms with Crippen molar-refractivity contribution in [2.24, 2.45) is 0 Å². The van der Waals surface area contributed by atoms with Crippen molar-refractivity contribution in [1.82, 2.24) is 25.3 Å². The summed E-state index contributed by atoms with van der Waals surface area (Å²) < 4.78 is 9.15. The van der Waals surface area contributed by atoms with Gasteiger partial charge in [0.1, 0.15) is 6.04 Å². The largest absolute Gasteiger partial charge is 0.469 e. The molecule has 0 radical (unpaired) electrons. The standard InChI is InChI=1S/C21H25N9O5/c1-30(10-12-9-24-18-16(25-12)17(22)28-20(23)29-18)13-6-4-11(5-7-13)26-21(33)27-14(19(32)35-3)8-15(31)34-2/h4-7,9,14H,8,10H2,1-3H3,(H2,26,27,33)(H4,22,23,24,28,29)/t14-/m0/s1. The van der Waals surface area contributed by atoms with Crippen LogP contribution in [-0.2, 0) is 25.6 Å². The lowest BCUT2D eigenvalue weighted by Crippen LogP contribution is -2.45. The molecular formula is C21H25N9O5. The lowest BCUT2D eigenvalue weighted by atomic mass is 10.2. The monoisotopic (exact) mass is 483 g/mol. The van der Waals surface area contributed by atoms with Crippen LogP contribution in [0.1, 0.15) is 12.1 Å². The van der Waals surface area contributed by atoms with Crippen LogP contribution in [0.3, 0.4) is 0 Å². The molecule has 1 aromatic carbocycles. The number of nitrogen functional groups attached to an aromatic ring is 2. The molecule has 1 atom stereocenters. The number of benzene rings is 1. The van der Waals surface area contributed by atoms with E-state index in [1.807, 2.05) is 11.9 Å². The highest BCUT2D eigenvalue weighted by Gasteiger charge is 2.25. The van der Waals surface area contributed by atoms with E-state index in [1.54, 1.807) is 30.5 Å². The molecule has 184 valence electrons. The number of anilines is 4. The van der Waals surface area contributed by atoms with Crippen LogP contribution in [0.25, 0.3) is 11.2 Å². The molecule has 0 aliphatic rings. The summed E-state index contributed by atoms with van der Waals surface area (Å²) in [6, 6.07) is 5.07. The van der Waals surface area contributed by atoms with Gasteiger partial charge in [-0.3, -0.25) is 4.79 Å². The molecule has 0 fully saturated rings. The molecule has 0 saturated carbocycles. The van der Waals surface area contributed by atoms with E-state index in [4.69, 9.17) is 11.5 Å². The maximum absolute atomic E-state index is 12.3. The van der Waals surface area contributed by atoms with Crippen LogP contribution < -0.4 is 27.0 Å². The number of carbonyl (C=O) groups excluding carboxylic acids is 3. The summed E-state index contributed by atoms with van der Waals surface area (Å²) in [5, 5.41) is 5.00. The maximum Gasteiger partial charge on any atom is 0.329 e. The SMILES string of the molecule is COC(=O)C[C@H](NC(=O)Nc1ccc(N(C)Cc2cnc3nc(N)nc(N)c3n2)cc1)C(=O)OC. The molecule has 0 aliphatic heterocycles. The Morgan fingerprint density at radius 1 is 1.06 bits per heavy atom. The van der Waals surface area contributed by atoms with Gasteiger partial charge >= 0.3 is 18.0 Å². The van der Waals surface area contributed by atoms with E-state index in [0.29, 0.717) is 29.1 Å². The zero-order chi connectivity index (χ0) is 25.5. The van der Waals surface area contributed by atoms with Gasteiger partial charge in [-0.2, -0.15) is 9.97 Å². The van der Waals surface area contributed by atoms with Crippen LogP contribution in [-0.4, -0.2) is 65.2 Å². The number of aromatic nitrogens is 4. The summed E-state index contributed by atoms with van der Waals surface area (Å²) >= 11 is 0. The average Bonchev–Trinajstić information content (AvgIpc) is 2.83. The lowest BCUT2D eigenvalue weighted by Gasteiger charge is -2.20. The molecule has 2 amide bonds. The summed E-state index contributed by atoms with van der Waals surface area (Å²) in [6.07, 6.45) is 1.22. The molecule has 0 spiro atoms. The van der Waals surface area contributed by atoms with E-state index in [2.05, 4.69) is 40.0 Å². The van der Waals surface area contributed by atoms with Crippen molar-refractivity contribution in [3.8, 4) is 0 Å². The minimum Gasteiger partial charge on any atom is -0.469 e. The zero-order valence-electron chi connectivity index (χ0n) is 19.3. The van der Waals surface area contributed by atoms with Gasteiger partial charge < -0.3 is 36.5 Å². The normalized spacial score (nSPS) is 11.4. The van der Waals surface area contributed by atoms with Crippen LogP contribution >= 0.6 is 0 Å².